The molecule has 1 aliphatic carbocycles. The second-order valence-electron chi connectivity index (χ2n) is 6.54. The van der Waals surface area contributed by atoms with Gasteiger partial charge in [0.25, 0.3) is 0 Å². The summed E-state index contributed by atoms with van der Waals surface area (Å²) in [5.74, 6) is 0.865. The molecule has 0 saturated heterocycles. The third-order valence-corrected chi connectivity index (χ3v) is 5.39. The van der Waals surface area contributed by atoms with E-state index in [1.54, 1.807) is 5.69 Å². The Balaban J connectivity index is 1.93. The summed E-state index contributed by atoms with van der Waals surface area (Å²) in [5, 5.41) is 1.42. The number of fused-ring (bicyclic) bond motifs is 5. The van der Waals surface area contributed by atoms with E-state index < -0.39 is 0 Å². The second-order valence-corrected chi connectivity index (χ2v) is 6.54. The van der Waals surface area contributed by atoms with Crippen molar-refractivity contribution in [2.45, 2.75) is 25.3 Å². The van der Waals surface area contributed by atoms with Gasteiger partial charge in [-0.15, -0.1) is 0 Å². The Morgan fingerprint density at radius 2 is 1.75 bits per heavy atom. The van der Waals surface area contributed by atoms with Crippen molar-refractivity contribution >= 4 is 10.9 Å². The minimum absolute atomic E-state index is 0.421. The summed E-state index contributed by atoms with van der Waals surface area (Å²) in [5.41, 5.74) is 6.25. The molecule has 2 heterocycles. The fourth-order valence-electron chi connectivity index (χ4n) is 4.21. The minimum atomic E-state index is 0.421. The standard InChI is InChI=1S/C19H17N/c1-19-11-14(19)12-20-16-10-6-5-9-15(16)17(18(19)20)13-7-3-2-4-8-13/h2-10,14H,11-12H2,1H3. The Bertz CT molecular complexity index is 828. The van der Waals surface area contributed by atoms with Gasteiger partial charge in [-0.2, -0.15) is 0 Å². The van der Waals surface area contributed by atoms with E-state index in [-0.39, 0.29) is 0 Å². The molecule has 20 heavy (non-hydrogen) atoms. The molecule has 1 heteroatoms. The Hall–Kier alpha value is -2.02. The molecule has 1 nitrogen and oxygen atoms in total. The van der Waals surface area contributed by atoms with Gasteiger partial charge in [0.1, 0.15) is 0 Å². The second kappa shape index (κ2) is 3.35. The van der Waals surface area contributed by atoms with Gasteiger partial charge in [0.05, 0.1) is 0 Å². The molecule has 0 radical (unpaired) electrons. The molecule has 5 rings (SSSR count). The smallest absolute Gasteiger partial charge is 0.0489 e. The summed E-state index contributed by atoms with van der Waals surface area (Å²) >= 11 is 0. The molecule has 2 aromatic carbocycles. The van der Waals surface area contributed by atoms with Gasteiger partial charge < -0.3 is 4.57 Å². The van der Waals surface area contributed by atoms with E-state index in [0.717, 1.165) is 5.92 Å². The van der Waals surface area contributed by atoms with Gasteiger partial charge >= 0.3 is 0 Å². The maximum absolute atomic E-state index is 2.58. The van der Waals surface area contributed by atoms with Crippen LogP contribution in [0.15, 0.2) is 54.6 Å². The van der Waals surface area contributed by atoms with Crippen molar-refractivity contribution in [2.75, 3.05) is 0 Å². The zero-order chi connectivity index (χ0) is 13.3. The Morgan fingerprint density at radius 1 is 1.00 bits per heavy atom. The average molecular weight is 259 g/mol. The fourth-order valence-corrected chi connectivity index (χ4v) is 4.21. The van der Waals surface area contributed by atoms with Crippen LogP contribution in [0.5, 0.6) is 0 Å². The number of para-hydroxylation sites is 1. The molecular weight excluding hydrogens is 242 g/mol. The van der Waals surface area contributed by atoms with Crippen LogP contribution in [-0.2, 0) is 12.0 Å². The van der Waals surface area contributed by atoms with Crippen LogP contribution < -0.4 is 0 Å². The monoisotopic (exact) mass is 259 g/mol. The summed E-state index contributed by atoms with van der Waals surface area (Å²) in [6.45, 7) is 3.65. The lowest BCUT2D eigenvalue weighted by Gasteiger charge is -2.11. The van der Waals surface area contributed by atoms with E-state index in [4.69, 9.17) is 0 Å². The first-order valence-corrected chi connectivity index (χ1v) is 7.46. The van der Waals surface area contributed by atoms with Crippen LogP contribution in [0, 0.1) is 5.92 Å². The van der Waals surface area contributed by atoms with E-state index in [1.807, 2.05) is 0 Å². The first kappa shape index (κ1) is 10.7. The van der Waals surface area contributed by atoms with Gasteiger partial charge in [0, 0.05) is 34.1 Å². The highest BCUT2D eigenvalue weighted by atomic mass is 15.1. The first-order chi connectivity index (χ1) is 9.79. The van der Waals surface area contributed by atoms with Crippen LogP contribution in [0.25, 0.3) is 22.0 Å². The third kappa shape index (κ3) is 1.14. The molecule has 1 saturated carbocycles. The molecule has 0 bridgehead atoms. The Kier molecular flexibility index (Phi) is 1.80. The van der Waals surface area contributed by atoms with Gasteiger partial charge in [-0.1, -0.05) is 55.5 Å². The van der Waals surface area contributed by atoms with Crippen LogP contribution >= 0.6 is 0 Å². The van der Waals surface area contributed by atoms with Gasteiger partial charge in [0.2, 0.25) is 0 Å². The van der Waals surface area contributed by atoms with Gasteiger partial charge in [0.15, 0.2) is 0 Å². The molecule has 2 atom stereocenters. The number of aromatic nitrogens is 1. The summed E-state index contributed by atoms with van der Waals surface area (Å²) in [6, 6.07) is 19.8. The maximum atomic E-state index is 2.58. The molecule has 1 fully saturated rings. The Morgan fingerprint density at radius 3 is 2.60 bits per heavy atom. The predicted octanol–water partition coefficient (Wildman–Crippen LogP) is 4.60. The minimum Gasteiger partial charge on any atom is -0.343 e. The van der Waals surface area contributed by atoms with Crippen molar-refractivity contribution in [3.63, 3.8) is 0 Å². The van der Waals surface area contributed by atoms with E-state index in [0.29, 0.717) is 5.41 Å². The average Bonchev–Trinajstić information content (AvgIpc) is 2.89. The summed E-state index contributed by atoms with van der Waals surface area (Å²) in [6.07, 6.45) is 1.36. The van der Waals surface area contributed by atoms with Crippen molar-refractivity contribution in [3.8, 4) is 11.1 Å². The van der Waals surface area contributed by atoms with E-state index in [1.165, 1.54) is 35.0 Å². The molecule has 98 valence electrons. The van der Waals surface area contributed by atoms with Crippen molar-refractivity contribution in [1.29, 1.82) is 0 Å². The van der Waals surface area contributed by atoms with Gasteiger partial charge in [-0.25, -0.2) is 0 Å². The highest BCUT2D eigenvalue weighted by molar-refractivity contribution is 5.99. The number of benzene rings is 2. The highest BCUT2D eigenvalue weighted by Crippen LogP contribution is 2.63. The molecule has 1 aromatic heterocycles. The molecule has 0 spiro atoms. The molecule has 3 aromatic rings. The summed E-state index contributed by atoms with van der Waals surface area (Å²) in [7, 11) is 0. The largest absolute Gasteiger partial charge is 0.343 e. The van der Waals surface area contributed by atoms with Crippen LogP contribution in [-0.4, -0.2) is 4.57 Å². The molecule has 1 aliphatic heterocycles. The van der Waals surface area contributed by atoms with Crippen LogP contribution in [0.2, 0.25) is 0 Å². The molecule has 0 N–H and O–H groups in total. The van der Waals surface area contributed by atoms with E-state index >= 15 is 0 Å². The van der Waals surface area contributed by atoms with Gasteiger partial charge in [-0.05, 0) is 24.0 Å². The van der Waals surface area contributed by atoms with Crippen molar-refractivity contribution in [1.82, 2.24) is 4.57 Å². The number of nitrogens with zero attached hydrogens (tertiary/aromatic N) is 1. The van der Waals surface area contributed by atoms with E-state index in [2.05, 4.69) is 66.1 Å². The van der Waals surface area contributed by atoms with Crippen LogP contribution in [0.1, 0.15) is 19.0 Å². The number of rotatable bonds is 1. The lowest BCUT2D eigenvalue weighted by molar-refractivity contribution is 0.678. The zero-order valence-electron chi connectivity index (χ0n) is 11.6. The SMILES string of the molecule is CC12CC1Cn1c2c(-c2ccccc2)c2ccccc21. The van der Waals surface area contributed by atoms with Crippen LogP contribution in [0.4, 0.5) is 0 Å². The quantitative estimate of drug-likeness (QED) is 0.602. The molecule has 0 amide bonds. The topological polar surface area (TPSA) is 4.93 Å². The lowest BCUT2D eigenvalue weighted by atomic mass is 9.94. The summed E-state index contributed by atoms with van der Waals surface area (Å²) in [4.78, 5) is 0. The lowest BCUT2D eigenvalue weighted by Crippen LogP contribution is -2.03. The van der Waals surface area contributed by atoms with Crippen molar-refractivity contribution in [3.05, 3.63) is 60.3 Å². The maximum Gasteiger partial charge on any atom is 0.0489 e. The fraction of sp³-hybridized carbons (Fsp3) is 0.263. The molecular formula is C19H17N. The van der Waals surface area contributed by atoms with Gasteiger partial charge in [-0.3, -0.25) is 0 Å². The third-order valence-electron chi connectivity index (χ3n) is 5.39. The predicted molar refractivity (Wildman–Crippen MR) is 82.8 cm³/mol. The number of hydrogen-bond donors (Lipinski definition) is 0. The zero-order valence-corrected chi connectivity index (χ0v) is 11.6. The number of hydrogen-bond acceptors (Lipinski definition) is 0. The molecule has 2 unspecified atom stereocenters. The Labute approximate surface area is 118 Å². The van der Waals surface area contributed by atoms with Crippen molar-refractivity contribution < 1.29 is 0 Å². The normalized spacial score (nSPS) is 26.6. The molecule has 2 aliphatic rings. The highest BCUT2D eigenvalue weighted by Gasteiger charge is 2.58. The van der Waals surface area contributed by atoms with Crippen LogP contribution in [0.3, 0.4) is 0 Å². The first-order valence-electron chi connectivity index (χ1n) is 7.46. The van der Waals surface area contributed by atoms with E-state index in [9.17, 15) is 0 Å². The van der Waals surface area contributed by atoms with Crippen molar-refractivity contribution in [2.24, 2.45) is 5.92 Å². The summed E-state index contributed by atoms with van der Waals surface area (Å²) < 4.78 is 2.58.